The second-order valence-corrected chi connectivity index (χ2v) is 11.1. The van der Waals surface area contributed by atoms with Gasteiger partial charge in [0, 0.05) is 36.1 Å². The average molecular weight is 446 g/mol. The Morgan fingerprint density at radius 1 is 1.06 bits per heavy atom. The number of fused-ring (bicyclic) bond motifs is 1. The number of pyridine rings is 1. The van der Waals surface area contributed by atoms with Crippen molar-refractivity contribution in [3.63, 3.8) is 0 Å². The lowest BCUT2D eigenvalue weighted by molar-refractivity contribution is 0.0911. The molecule has 1 saturated heterocycles. The van der Waals surface area contributed by atoms with Crippen molar-refractivity contribution in [2.75, 3.05) is 13.1 Å². The van der Waals surface area contributed by atoms with Crippen molar-refractivity contribution in [2.24, 2.45) is 11.8 Å². The minimum Gasteiger partial charge on any atom is -0.349 e. The van der Waals surface area contributed by atoms with Crippen LogP contribution in [0.3, 0.4) is 0 Å². The van der Waals surface area contributed by atoms with Gasteiger partial charge in [-0.15, -0.1) is 0 Å². The second kappa shape index (κ2) is 8.74. The van der Waals surface area contributed by atoms with Gasteiger partial charge in [-0.25, -0.2) is 8.42 Å². The molecular formula is C23H31N3O4S. The maximum Gasteiger partial charge on any atom is 0.252 e. The standard InChI is InChI=1S/C23H31N3O4S/c1-15-9-11-26(12-10-15)31(29,30)17-7-8-21-18(13-17)19(14-22(27)24-21)23(28)25-20-6-4-3-5-16(20)2/h7-8,13-16,20H,3-6,9-12H2,1-2H3,(H,24,27)(H,25,28)/t16-,20-/m0/s1. The minimum absolute atomic E-state index is 0.0674. The van der Waals surface area contributed by atoms with E-state index in [0.29, 0.717) is 35.8 Å². The first-order chi connectivity index (χ1) is 14.8. The van der Waals surface area contributed by atoms with Gasteiger partial charge in [0.1, 0.15) is 0 Å². The van der Waals surface area contributed by atoms with E-state index >= 15 is 0 Å². The van der Waals surface area contributed by atoms with Crippen molar-refractivity contribution in [1.29, 1.82) is 0 Å². The Morgan fingerprint density at radius 2 is 1.77 bits per heavy atom. The molecule has 0 radical (unpaired) electrons. The van der Waals surface area contributed by atoms with Gasteiger partial charge in [0.2, 0.25) is 15.6 Å². The van der Waals surface area contributed by atoms with Crippen LogP contribution in [0.2, 0.25) is 0 Å². The number of hydrogen-bond donors (Lipinski definition) is 2. The number of sulfonamides is 1. The molecule has 168 valence electrons. The topological polar surface area (TPSA) is 99.3 Å². The predicted octanol–water partition coefficient (Wildman–Crippen LogP) is 3.26. The van der Waals surface area contributed by atoms with Crippen LogP contribution in [0.25, 0.3) is 10.9 Å². The number of aromatic amines is 1. The van der Waals surface area contributed by atoms with E-state index in [2.05, 4.69) is 24.1 Å². The lowest BCUT2D eigenvalue weighted by Crippen LogP contribution is -2.41. The number of carbonyl (C=O) groups excluding carboxylic acids is 1. The molecule has 0 spiro atoms. The summed E-state index contributed by atoms with van der Waals surface area (Å²) in [5.41, 5.74) is 0.302. The second-order valence-electron chi connectivity index (χ2n) is 9.18. The van der Waals surface area contributed by atoms with Gasteiger partial charge in [0.05, 0.1) is 10.5 Å². The molecule has 1 saturated carbocycles. The Balaban J connectivity index is 1.69. The van der Waals surface area contributed by atoms with E-state index in [1.807, 2.05) is 0 Å². The van der Waals surface area contributed by atoms with Gasteiger partial charge in [0.25, 0.3) is 5.91 Å². The molecule has 1 aromatic heterocycles. The average Bonchev–Trinajstić information content (AvgIpc) is 2.74. The molecule has 2 heterocycles. The van der Waals surface area contributed by atoms with Crippen LogP contribution in [-0.4, -0.2) is 42.7 Å². The fraction of sp³-hybridized carbons (Fsp3) is 0.565. The smallest absolute Gasteiger partial charge is 0.252 e. The number of nitrogens with zero attached hydrogens (tertiary/aromatic N) is 1. The molecule has 1 aliphatic carbocycles. The quantitative estimate of drug-likeness (QED) is 0.754. The van der Waals surface area contributed by atoms with Gasteiger partial charge >= 0.3 is 0 Å². The normalized spacial score (nSPS) is 23.7. The number of benzene rings is 1. The zero-order valence-corrected chi connectivity index (χ0v) is 19.0. The highest BCUT2D eigenvalue weighted by Gasteiger charge is 2.29. The molecule has 1 amide bonds. The molecule has 8 heteroatoms. The van der Waals surface area contributed by atoms with Crippen LogP contribution in [0.4, 0.5) is 0 Å². The maximum atomic E-state index is 13.2. The fourth-order valence-corrected chi connectivity index (χ4v) is 6.23. The molecule has 1 aromatic carbocycles. The molecule has 2 N–H and O–H groups in total. The van der Waals surface area contributed by atoms with Crippen LogP contribution in [0.5, 0.6) is 0 Å². The van der Waals surface area contributed by atoms with Crippen LogP contribution in [-0.2, 0) is 10.0 Å². The van der Waals surface area contributed by atoms with Gasteiger partial charge in [-0.05, 0) is 55.7 Å². The molecule has 1 aliphatic heterocycles. The van der Waals surface area contributed by atoms with Gasteiger partial charge in [-0.3, -0.25) is 9.59 Å². The van der Waals surface area contributed by atoms with E-state index in [-0.39, 0.29) is 28.0 Å². The zero-order chi connectivity index (χ0) is 22.2. The van der Waals surface area contributed by atoms with E-state index in [4.69, 9.17) is 0 Å². The maximum absolute atomic E-state index is 13.2. The van der Waals surface area contributed by atoms with Crippen molar-refractivity contribution in [1.82, 2.24) is 14.6 Å². The van der Waals surface area contributed by atoms with E-state index in [1.165, 1.54) is 22.5 Å². The summed E-state index contributed by atoms with van der Waals surface area (Å²) in [5, 5.41) is 3.53. The first-order valence-electron chi connectivity index (χ1n) is 11.2. The molecule has 4 rings (SSSR count). The Hall–Kier alpha value is -2.19. The van der Waals surface area contributed by atoms with Gasteiger partial charge in [-0.1, -0.05) is 26.7 Å². The summed E-state index contributed by atoms with van der Waals surface area (Å²) in [6.07, 6.45) is 5.90. The Morgan fingerprint density at radius 3 is 2.48 bits per heavy atom. The number of amides is 1. The lowest BCUT2D eigenvalue weighted by Gasteiger charge is -2.30. The van der Waals surface area contributed by atoms with E-state index in [9.17, 15) is 18.0 Å². The third-order valence-electron chi connectivity index (χ3n) is 6.87. The molecular weight excluding hydrogens is 414 g/mol. The number of nitrogens with one attached hydrogen (secondary N) is 2. The number of carbonyl (C=O) groups is 1. The summed E-state index contributed by atoms with van der Waals surface area (Å²) in [4.78, 5) is 28.1. The first-order valence-corrected chi connectivity index (χ1v) is 12.7. The SMILES string of the molecule is CC1CCN(S(=O)(=O)c2ccc3[nH]c(=O)cc(C(=O)N[C@H]4CCCC[C@@H]4C)c3c2)CC1. The summed E-state index contributed by atoms with van der Waals surface area (Å²) in [6, 6.07) is 5.95. The summed E-state index contributed by atoms with van der Waals surface area (Å²) in [7, 11) is -3.66. The number of aromatic nitrogens is 1. The largest absolute Gasteiger partial charge is 0.349 e. The highest BCUT2D eigenvalue weighted by Crippen LogP contribution is 2.27. The van der Waals surface area contributed by atoms with Crippen molar-refractivity contribution in [2.45, 2.75) is 63.3 Å². The van der Waals surface area contributed by atoms with Gasteiger partial charge in [0.15, 0.2) is 0 Å². The van der Waals surface area contributed by atoms with Crippen LogP contribution < -0.4 is 10.9 Å². The van der Waals surface area contributed by atoms with Crippen LogP contribution >= 0.6 is 0 Å². The molecule has 2 fully saturated rings. The van der Waals surface area contributed by atoms with Gasteiger partial charge in [-0.2, -0.15) is 4.31 Å². The third kappa shape index (κ3) is 4.55. The fourth-order valence-electron chi connectivity index (χ4n) is 4.73. The summed E-state index contributed by atoms with van der Waals surface area (Å²) < 4.78 is 27.9. The number of rotatable bonds is 4. The van der Waals surface area contributed by atoms with E-state index in [1.54, 1.807) is 6.07 Å². The number of piperidine rings is 1. The molecule has 2 atom stereocenters. The van der Waals surface area contributed by atoms with Crippen molar-refractivity contribution >= 4 is 26.8 Å². The predicted molar refractivity (Wildman–Crippen MR) is 121 cm³/mol. The first kappa shape index (κ1) is 22.0. The van der Waals surface area contributed by atoms with Crippen LogP contribution in [0.15, 0.2) is 34.0 Å². The number of H-pyrrole nitrogens is 1. The summed E-state index contributed by atoms with van der Waals surface area (Å²) >= 11 is 0. The van der Waals surface area contributed by atoms with Crippen LogP contribution in [0.1, 0.15) is 62.7 Å². The molecule has 31 heavy (non-hydrogen) atoms. The van der Waals surface area contributed by atoms with Crippen molar-refractivity contribution in [3.8, 4) is 0 Å². The Bertz CT molecular complexity index is 1130. The van der Waals surface area contributed by atoms with Crippen molar-refractivity contribution in [3.05, 3.63) is 40.2 Å². The van der Waals surface area contributed by atoms with Crippen molar-refractivity contribution < 1.29 is 13.2 Å². The third-order valence-corrected chi connectivity index (χ3v) is 8.76. The van der Waals surface area contributed by atoms with Crippen LogP contribution in [0, 0.1) is 11.8 Å². The molecule has 7 nitrogen and oxygen atoms in total. The highest BCUT2D eigenvalue weighted by atomic mass is 32.2. The van der Waals surface area contributed by atoms with E-state index < -0.39 is 10.0 Å². The monoisotopic (exact) mass is 445 g/mol. The van der Waals surface area contributed by atoms with E-state index in [0.717, 1.165) is 38.5 Å². The number of hydrogen-bond acceptors (Lipinski definition) is 4. The lowest BCUT2D eigenvalue weighted by atomic mass is 9.86. The summed E-state index contributed by atoms with van der Waals surface area (Å²) in [5.74, 6) is 0.574. The molecule has 2 aliphatic rings. The Kier molecular flexibility index (Phi) is 6.21. The summed E-state index contributed by atoms with van der Waals surface area (Å²) in [6.45, 7) is 5.26. The molecule has 0 bridgehead atoms. The molecule has 0 unspecified atom stereocenters. The molecule has 2 aromatic rings. The zero-order valence-electron chi connectivity index (χ0n) is 18.2. The highest BCUT2D eigenvalue weighted by molar-refractivity contribution is 7.89. The minimum atomic E-state index is -3.66. The Labute approximate surface area is 183 Å². The van der Waals surface area contributed by atoms with Gasteiger partial charge < -0.3 is 10.3 Å².